The summed E-state index contributed by atoms with van der Waals surface area (Å²) >= 11 is 11.4. The summed E-state index contributed by atoms with van der Waals surface area (Å²) in [5, 5.41) is 0.238. The molecule has 0 saturated carbocycles. The Morgan fingerprint density at radius 3 is 2.65 bits per heavy atom. The second-order valence-corrected chi connectivity index (χ2v) is 4.84. The highest BCUT2D eigenvalue weighted by Gasteiger charge is 2.12. The minimum absolute atomic E-state index is 0.0194. The molecule has 0 aromatic heterocycles. The van der Waals surface area contributed by atoms with Crippen molar-refractivity contribution in [1.82, 2.24) is 0 Å². The number of anilines is 1. The van der Waals surface area contributed by atoms with Crippen LogP contribution >= 0.6 is 23.2 Å². The molecular weight excluding hydrogens is 304 g/mol. The van der Waals surface area contributed by atoms with Crippen molar-refractivity contribution >= 4 is 34.9 Å². The predicted molar refractivity (Wildman–Crippen MR) is 76.4 cm³/mol. The number of esters is 1. The van der Waals surface area contributed by atoms with Gasteiger partial charge >= 0.3 is 5.97 Å². The minimum atomic E-state index is -0.619. The van der Waals surface area contributed by atoms with Crippen molar-refractivity contribution in [2.24, 2.45) is 0 Å². The number of carbonyl (C=O) groups is 1. The van der Waals surface area contributed by atoms with E-state index in [1.807, 2.05) is 0 Å². The monoisotopic (exact) mass is 313 g/mol. The number of halogens is 3. The van der Waals surface area contributed by atoms with Crippen LogP contribution in [0, 0.1) is 5.82 Å². The largest absolute Gasteiger partial charge is 0.457 e. The van der Waals surface area contributed by atoms with Crippen molar-refractivity contribution < 1.29 is 13.9 Å². The third-order valence-corrected chi connectivity index (χ3v) is 3.25. The summed E-state index contributed by atoms with van der Waals surface area (Å²) in [5.41, 5.74) is 6.35. The highest BCUT2D eigenvalue weighted by atomic mass is 35.5. The summed E-state index contributed by atoms with van der Waals surface area (Å²) in [6.07, 6.45) is 0. The number of carbonyl (C=O) groups excluding carboxylic acids is 1. The molecule has 20 heavy (non-hydrogen) atoms. The van der Waals surface area contributed by atoms with Gasteiger partial charge in [-0.05, 0) is 24.3 Å². The maximum absolute atomic E-state index is 13.6. The van der Waals surface area contributed by atoms with E-state index in [1.165, 1.54) is 30.3 Å². The molecule has 0 aliphatic rings. The quantitative estimate of drug-likeness (QED) is 0.686. The van der Waals surface area contributed by atoms with Gasteiger partial charge in [-0.3, -0.25) is 0 Å². The zero-order chi connectivity index (χ0) is 14.7. The first kappa shape index (κ1) is 14.6. The molecule has 2 aromatic carbocycles. The Kier molecular flexibility index (Phi) is 4.47. The number of nitrogen functional groups attached to an aromatic ring is 1. The van der Waals surface area contributed by atoms with Crippen LogP contribution in [-0.4, -0.2) is 5.97 Å². The molecule has 2 aromatic rings. The highest BCUT2D eigenvalue weighted by molar-refractivity contribution is 6.33. The van der Waals surface area contributed by atoms with E-state index in [1.54, 1.807) is 6.07 Å². The van der Waals surface area contributed by atoms with Crippen molar-refractivity contribution in [3.8, 4) is 0 Å². The van der Waals surface area contributed by atoms with Crippen LogP contribution in [0.4, 0.5) is 10.1 Å². The number of benzene rings is 2. The maximum atomic E-state index is 13.6. The Balaban J connectivity index is 2.08. The number of ether oxygens (including phenoxy) is 1. The Morgan fingerprint density at radius 2 is 1.95 bits per heavy atom. The lowest BCUT2D eigenvalue weighted by molar-refractivity contribution is 0.0469. The Hall–Kier alpha value is -1.78. The van der Waals surface area contributed by atoms with Gasteiger partial charge in [0.15, 0.2) is 0 Å². The second-order valence-electron chi connectivity index (χ2n) is 4.03. The zero-order valence-electron chi connectivity index (χ0n) is 10.2. The van der Waals surface area contributed by atoms with Crippen LogP contribution in [0.1, 0.15) is 15.9 Å². The Bertz CT molecular complexity index is 662. The molecule has 0 spiro atoms. The standard InChI is InChI=1S/C14H10Cl2FNO2/c15-10-3-1-2-9(13(10)17)7-20-14(19)8-4-5-12(18)11(16)6-8/h1-6H,7,18H2. The third kappa shape index (κ3) is 3.21. The predicted octanol–water partition coefficient (Wildman–Crippen LogP) is 4.07. The summed E-state index contributed by atoms with van der Waals surface area (Å²) in [6.45, 7) is -0.215. The molecular formula is C14H10Cl2FNO2. The maximum Gasteiger partial charge on any atom is 0.338 e. The molecule has 0 unspecified atom stereocenters. The lowest BCUT2D eigenvalue weighted by atomic mass is 10.2. The first-order valence-corrected chi connectivity index (χ1v) is 6.39. The van der Waals surface area contributed by atoms with Crippen LogP contribution in [0.25, 0.3) is 0 Å². The van der Waals surface area contributed by atoms with Gasteiger partial charge in [-0.1, -0.05) is 35.3 Å². The third-order valence-electron chi connectivity index (χ3n) is 2.63. The normalized spacial score (nSPS) is 10.3. The molecule has 6 heteroatoms. The molecule has 2 rings (SSSR count). The van der Waals surface area contributed by atoms with Crippen LogP contribution in [0.2, 0.25) is 10.0 Å². The number of rotatable bonds is 3. The average molecular weight is 314 g/mol. The molecule has 0 atom stereocenters. The van der Waals surface area contributed by atoms with Gasteiger partial charge in [-0.15, -0.1) is 0 Å². The summed E-state index contributed by atoms with van der Waals surface area (Å²) in [6, 6.07) is 8.87. The summed E-state index contributed by atoms with van der Waals surface area (Å²) in [7, 11) is 0. The smallest absolute Gasteiger partial charge is 0.338 e. The first-order chi connectivity index (χ1) is 9.49. The fraction of sp³-hybridized carbons (Fsp3) is 0.0714. The molecule has 0 saturated heterocycles. The lowest BCUT2D eigenvalue weighted by Crippen LogP contribution is -2.06. The highest BCUT2D eigenvalue weighted by Crippen LogP contribution is 2.21. The van der Waals surface area contributed by atoms with E-state index in [-0.39, 0.29) is 27.8 Å². The molecule has 0 bridgehead atoms. The molecule has 0 aliphatic heterocycles. The fourth-order valence-corrected chi connectivity index (χ4v) is 1.92. The number of hydrogen-bond acceptors (Lipinski definition) is 3. The van der Waals surface area contributed by atoms with Crippen LogP contribution in [-0.2, 0) is 11.3 Å². The van der Waals surface area contributed by atoms with E-state index < -0.39 is 11.8 Å². The second kappa shape index (κ2) is 6.11. The molecule has 3 nitrogen and oxygen atoms in total. The van der Waals surface area contributed by atoms with Gasteiger partial charge in [0.05, 0.1) is 21.3 Å². The van der Waals surface area contributed by atoms with Crippen molar-refractivity contribution in [2.75, 3.05) is 5.73 Å². The zero-order valence-corrected chi connectivity index (χ0v) is 11.7. The topological polar surface area (TPSA) is 52.3 Å². The molecule has 2 N–H and O–H groups in total. The molecule has 0 heterocycles. The van der Waals surface area contributed by atoms with E-state index in [4.69, 9.17) is 33.7 Å². The van der Waals surface area contributed by atoms with Gasteiger partial charge in [0, 0.05) is 5.56 Å². The minimum Gasteiger partial charge on any atom is -0.457 e. The van der Waals surface area contributed by atoms with Crippen LogP contribution < -0.4 is 5.73 Å². The molecule has 0 radical (unpaired) electrons. The Labute approximate surface area is 125 Å². The Morgan fingerprint density at radius 1 is 1.20 bits per heavy atom. The molecule has 0 amide bonds. The van der Waals surface area contributed by atoms with Crippen LogP contribution in [0.15, 0.2) is 36.4 Å². The molecule has 0 fully saturated rings. The molecule has 0 aliphatic carbocycles. The number of hydrogen-bond donors (Lipinski definition) is 1. The lowest BCUT2D eigenvalue weighted by Gasteiger charge is -2.07. The van der Waals surface area contributed by atoms with Crippen molar-refractivity contribution in [1.29, 1.82) is 0 Å². The van der Waals surface area contributed by atoms with Gasteiger partial charge < -0.3 is 10.5 Å². The van der Waals surface area contributed by atoms with Gasteiger partial charge in [-0.25, -0.2) is 9.18 Å². The summed E-state index contributed by atoms with van der Waals surface area (Å²) < 4.78 is 18.6. The van der Waals surface area contributed by atoms with Gasteiger partial charge in [0.25, 0.3) is 0 Å². The van der Waals surface area contributed by atoms with Gasteiger partial charge in [0.1, 0.15) is 12.4 Å². The summed E-state index contributed by atoms with van der Waals surface area (Å²) in [4.78, 5) is 11.8. The van der Waals surface area contributed by atoms with Crippen molar-refractivity contribution in [3.05, 3.63) is 63.4 Å². The first-order valence-electron chi connectivity index (χ1n) is 5.64. The van der Waals surface area contributed by atoms with E-state index in [0.717, 1.165) is 0 Å². The average Bonchev–Trinajstić information content (AvgIpc) is 2.43. The van der Waals surface area contributed by atoms with Crippen molar-refractivity contribution in [3.63, 3.8) is 0 Å². The van der Waals surface area contributed by atoms with Gasteiger partial charge in [-0.2, -0.15) is 0 Å². The van der Waals surface area contributed by atoms with E-state index in [9.17, 15) is 9.18 Å². The number of nitrogens with two attached hydrogens (primary N) is 1. The summed E-state index contributed by atoms with van der Waals surface area (Å²) in [5.74, 6) is -1.22. The van der Waals surface area contributed by atoms with Crippen LogP contribution in [0.3, 0.4) is 0 Å². The SMILES string of the molecule is Nc1ccc(C(=O)OCc2cccc(Cl)c2F)cc1Cl. The van der Waals surface area contributed by atoms with E-state index in [2.05, 4.69) is 0 Å². The van der Waals surface area contributed by atoms with E-state index in [0.29, 0.717) is 5.69 Å². The van der Waals surface area contributed by atoms with Crippen LogP contribution in [0.5, 0.6) is 0 Å². The van der Waals surface area contributed by atoms with Crippen molar-refractivity contribution in [2.45, 2.75) is 6.61 Å². The fourth-order valence-electron chi connectivity index (χ4n) is 1.54. The molecule has 104 valence electrons. The van der Waals surface area contributed by atoms with E-state index >= 15 is 0 Å². The van der Waals surface area contributed by atoms with Gasteiger partial charge in [0.2, 0.25) is 0 Å².